The minimum Gasteiger partial charge on any atom is -0.151 e. The smallest absolute Gasteiger partial charge is 0.0365 e. The van der Waals surface area contributed by atoms with Crippen molar-refractivity contribution >= 4 is 23.4 Å². The van der Waals surface area contributed by atoms with E-state index in [1.54, 1.807) is 0 Å². The normalized spacial score (nSPS) is 21.0. The monoisotopic (exact) mass is 192 g/mol. The molecule has 0 aromatic carbocycles. The number of hydrogen-bond acceptors (Lipinski definition) is 1. The standard InChI is InChI=1S/C9H17ClS/c1-9(2,7-10)11-8-5-3-4-6-8/h8H,3-7H2,1-2H3. The molecule has 11 heavy (non-hydrogen) atoms. The van der Waals surface area contributed by atoms with Gasteiger partial charge < -0.3 is 0 Å². The van der Waals surface area contributed by atoms with Crippen LogP contribution in [0.4, 0.5) is 0 Å². The van der Waals surface area contributed by atoms with Crippen molar-refractivity contribution in [2.45, 2.75) is 49.5 Å². The summed E-state index contributed by atoms with van der Waals surface area (Å²) < 4.78 is 0.288. The Morgan fingerprint density at radius 1 is 1.36 bits per heavy atom. The highest BCUT2D eigenvalue weighted by Crippen LogP contribution is 2.38. The first-order valence-corrected chi connectivity index (χ1v) is 5.79. The Hall–Kier alpha value is 0.640. The highest BCUT2D eigenvalue weighted by molar-refractivity contribution is 8.01. The SMILES string of the molecule is CC(C)(CCl)SC1CCCC1. The van der Waals surface area contributed by atoms with Crippen molar-refractivity contribution in [2.75, 3.05) is 5.88 Å². The number of hydrogen-bond donors (Lipinski definition) is 0. The molecule has 0 nitrogen and oxygen atoms in total. The first-order valence-electron chi connectivity index (χ1n) is 4.38. The van der Waals surface area contributed by atoms with Crippen molar-refractivity contribution in [1.29, 1.82) is 0 Å². The van der Waals surface area contributed by atoms with Gasteiger partial charge in [0.1, 0.15) is 0 Å². The van der Waals surface area contributed by atoms with Gasteiger partial charge in [-0.1, -0.05) is 12.8 Å². The molecule has 2 heteroatoms. The lowest BCUT2D eigenvalue weighted by atomic mass is 10.2. The predicted octanol–water partition coefficient (Wildman–Crippen LogP) is 3.68. The van der Waals surface area contributed by atoms with Gasteiger partial charge in [0.05, 0.1) is 0 Å². The second kappa shape index (κ2) is 4.04. The van der Waals surface area contributed by atoms with Crippen LogP contribution in [-0.4, -0.2) is 15.9 Å². The summed E-state index contributed by atoms with van der Waals surface area (Å²) in [5, 5.41) is 0.892. The molecule has 1 fully saturated rings. The molecule has 0 aromatic rings. The van der Waals surface area contributed by atoms with Gasteiger partial charge in [-0.15, -0.1) is 11.6 Å². The molecule has 0 aromatic heterocycles. The molecular formula is C9H17ClS. The molecule has 0 bridgehead atoms. The van der Waals surface area contributed by atoms with Crippen LogP contribution >= 0.6 is 23.4 Å². The van der Waals surface area contributed by atoms with Crippen LogP contribution < -0.4 is 0 Å². The van der Waals surface area contributed by atoms with E-state index in [4.69, 9.17) is 11.6 Å². The van der Waals surface area contributed by atoms with Gasteiger partial charge in [-0.05, 0) is 26.7 Å². The first kappa shape index (κ1) is 9.73. The second-order valence-electron chi connectivity index (χ2n) is 3.92. The zero-order valence-corrected chi connectivity index (χ0v) is 8.97. The lowest BCUT2D eigenvalue weighted by molar-refractivity contribution is 0.787. The van der Waals surface area contributed by atoms with E-state index in [1.165, 1.54) is 25.7 Å². The van der Waals surface area contributed by atoms with Crippen molar-refractivity contribution in [1.82, 2.24) is 0 Å². The summed E-state index contributed by atoms with van der Waals surface area (Å²) in [6.45, 7) is 4.48. The molecule has 66 valence electrons. The van der Waals surface area contributed by atoms with Gasteiger partial charge in [-0.25, -0.2) is 0 Å². The van der Waals surface area contributed by atoms with Crippen molar-refractivity contribution in [3.63, 3.8) is 0 Å². The van der Waals surface area contributed by atoms with Gasteiger partial charge >= 0.3 is 0 Å². The first-order chi connectivity index (χ1) is 5.14. The van der Waals surface area contributed by atoms with Gasteiger partial charge in [0.25, 0.3) is 0 Å². The van der Waals surface area contributed by atoms with Crippen molar-refractivity contribution in [3.8, 4) is 0 Å². The van der Waals surface area contributed by atoms with Crippen LogP contribution in [0.5, 0.6) is 0 Å². The molecule has 0 aliphatic heterocycles. The lowest BCUT2D eigenvalue weighted by Crippen LogP contribution is -2.20. The molecule has 0 heterocycles. The fourth-order valence-corrected chi connectivity index (χ4v) is 3.21. The Bertz CT molecular complexity index is 117. The maximum Gasteiger partial charge on any atom is 0.0365 e. The molecule has 0 atom stereocenters. The number of halogens is 1. The minimum atomic E-state index is 0.288. The molecule has 1 rings (SSSR count). The highest BCUT2D eigenvalue weighted by atomic mass is 35.5. The number of rotatable bonds is 3. The maximum absolute atomic E-state index is 5.85. The lowest BCUT2D eigenvalue weighted by Gasteiger charge is -2.24. The van der Waals surface area contributed by atoms with E-state index in [0.29, 0.717) is 0 Å². The molecule has 1 aliphatic rings. The van der Waals surface area contributed by atoms with Crippen LogP contribution in [-0.2, 0) is 0 Å². The van der Waals surface area contributed by atoms with Gasteiger partial charge in [-0.3, -0.25) is 0 Å². The van der Waals surface area contributed by atoms with E-state index < -0.39 is 0 Å². The Morgan fingerprint density at radius 3 is 2.36 bits per heavy atom. The van der Waals surface area contributed by atoms with Crippen molar-refractivity contribution in [2.24, 2.45) is 0 Å². The van der Waals surface area contributed by atoms with E-state index >= 15 is 0 Å². The molecule has 1 aliphatic carbocycles. The van der Waals surface area contributed by atoms with Gasteiger partial charge in [0.15, 0.2) is 0 Å². The Morgan fingerprint density at radius 2 is 1.91 bits per heavy atom. The summed E-state index contributed by atoms with van der Waals surface area (Å²) in [6.07, 6.45) is 5.67. The average molecular weight is 193 g/mol. The summed E-state index contributed by atoms with van der Waals surface area (Å²) in [7, 11) is 0. The second-order valence-corrected chi connectivity index (χ2v) is 6.19. The summed E-state index contributed by atoms with van der Waals surface area (Å²) >= 11 is 7.93. The highest BCUT2D eigenvalue weighted by Gasteiger charge is 2.25. The van der Waals surface area contributed by atoms with E-state index in [-0.39, 0.29) is 4.75 Å². The number of thioether (sulfide) groups is 1. The molecule has 0 unspecified atom stereocenters. The van der Waals surface area contributed by atoms with Crippen LogP contribution in [0.1, 0.15) is 39.5 Å². The van der Waals surface area contributed by atoms with Gasteiger partial charge in [-0.2, -0.15) is 11.8 Å². The third-order valence-corrected chi connectivity index (χ3v) is 4.52. The third kappa shape index (κ3) is 3.25. The van der Waals surface area contributed by atoms with Crippen LogP contribution in [0.2, 0.25) is 0 Å². The van der Waals surface area contributed by atoms with Crippen molar-refractivity contribution in [3.05, 3.63) is 0 Å². The molecule has 0 saturated heterocycles. The third-order valence-electron chi connectivity index (χ3n) is 2.11. The van der Waals surface area contributed by atoms with Crippen molar-refractivity contribution < 1.29 is 0 Å². The quantitative estimate of drug-likeness (QED) is 0.615. The molecule has 1 saturated carbocycles. The summed E-state index contributed by atoms with van der Waals surface area (Å²) in [4.78, 5) is 0. The zero-order valence-electron chi connectivity index (χ0n) is 7.40. The van der Waals surface area contributed by atoms with Crippen LogP contribution in [0.15, 0.2) is 0 Å². The van der Waals surface area contributed by atoms with E-state index in [9.17, 15) is 0 Å². The van der Waals surface area contributed by atoms with E-state index in [0.717, 1.165) is 11.1 Å². The van der Waals surface area contributed by atoms with Gasteiger partial charge in [0.2, 0.25) is 0 Å². The molecule has 0 spiro atoms. The van der Waals surface area contributed by atoms with Crippen LogP contribution in [0, 0.1) is 0 Å². The topological polar surface area (TPSA) is 0 Å². The van der Waals surface area contributed by atoms with Crippen LogP contribution in [0.25, 0.3) is 0 Å². The van der Waals surface area contributed by atoms with E-state index in [2.05, 4.69) is 25.6 Å². The van der Waals surface area contributed by atoms with Crippen LogP contribution in [0.3, 0.4) is 0 Å². The number of alkyl halides is 1. The van der Waals surface area contributed by atoms with Gasteiger partial charge in [0, 0.05) is 15.9 Å². The summed E-state index contributed by atoms with van der Waals surface area (Å²) in [5.41, 5.74) is 0. The molecule has 0 N–H and O–H groups in total. The maximum atomic E-state index is 5.85. The molecule has 0 amide bonds. The molecular weight excluding hydrogens is 176 g/mol. The van der Waals surface area contributed by atoms with E-state index in [1.807, 2.05) is 0 Å². The minimum absolute atomic E-state index is 0.288. The fraction of sp³-hybridized carbons (Fsp3) is 1.00. The Labute approximate surface area is 79.1 Å². The molecule has 0 radical (unpaired) electrons. The average Bonchev–Trinajstić information content (AvgIpc) is 2.39. The Kier molecular flexibility index (Phi) is 3.57. The zero-order chi connectivity index (χ0) is 8.32. The Balaban J connectivity index is 2.28. The largest absolute Gasteiger partial charge is 0.151 e. The summed E-state index contributed by atoms with van der Waals surface area (Å²) in [6, 6.07) is 0. The predicted molar refractivity (Wildman–Crippen MR) is 54.6 cm³/mol. The fourth-order valence-electron chi connectivity index (χ4n) is 1.49. The summed E-state index contributed by atoms with van der Waals surface area (Å²) in [5.74, 6) is 0.772.